The summed E-state index contributed by atoms with van der Waals surface area (Å²) in [5, 5.41) is 19.1. The molecule has 1 amide bonds. The van der Waals surface area contributed by atoms with Gasteiger partial charge < -0.3 is 15.2 Å². The minimum absolute atomic E-state index is 0.147. The summed E-state index contributed by atoms with van der Waals surface area (Å²) in [4.78, 5) is 22.2. The van der Waals surface area contributed by atoms with E-state index in [1.807, 2.05) is 5.32 Å². The summed E-state index contributed by atoms with van der Waals surface area (Å²) >= 11 is 0. The molecule has 0 fully saturated rings. The summed E-state index contributed by atoms with van der Waals surface area (Å²) in [6, 6.07) is -0.514. The van der Waals surface area contributed by atoms with Crippen molar-refractivity contribution >= 4 is 12.1 Å². The minimum Gasteiger partial charge on any atom is -0.480 e. The average Bonchev–Trinajstić information content (AvgIpc) is 2.11. The molecular weight excluding hydrogens is 212 g/mol. The Morgan fingerprint density at radius 3 is 2.56 bits per heavy atom. The van der Waals surface area contributed by atoms with Gasteiger partial charge in [-0.05, 0) is 27.2 Å². The van der Waals surface area contributed by atoms with E-state index in [2.05, 4.69) is 0 Å². The van der Waals surface area contributed by atoms with E-state index in [-0.39, 0.29) is 12.8 Å². The van der Waals surface area contributed by atoms with Crippen molar-refractivity contribution in [3.63, 3.8) is 0 Å². The monoisotopic (exact) mass is 229 g/mol. The predicted molar refractivity (Wildman–Crippen MR) is 55.6 cm³/mol. The van der Waals surface area contributed by atoms with Gasteiger partial charge in [0, 0.05) is 6.42 Å². The third kappa shape index (κ3) is 6.65. The maximum atomic E-state index is 11.3. The molecule has 6 nitrogen and oxygen atoms in total. The van der Waals surface area contributed by atoms with Gasteiger partial charge in [0.15, 0.2) is 0 Å². The largest absolute Gasteiger partial charge is 0.480 e. The van der Waals surface area contributed by atoms with Crippen molar-refractivity contribution in [1.29, 1.82) is 5.26 Å². The normalized spacial score (nSPS) is 15.2. The van der Waals surface area contributed by atoms with Crippen LogP contribution in [0.4, 0.5) is 4.79 Å². The van der Waals surface area contributed by atoms with Crippen molar-refractivity contribution in [1.82, 2.24) is 5.32 Å². The summed E-state index contributed by atoms with van der Waals surface area (Å²) < 4.78 is 12.4. The summed E-state index contributed by atoms with van der Waals surface area (Å²) in [5.74, 6) is -1.53. The van der Waals surface area contributed by atoms with Crippen molar-refractivity contribution in [3.8, 4) is 6.07 Å². The van der Waals surface area contributed by atoms with Crippen LogP contribution in [0.1, 0.15) is 35.0 Å². The molecule has 0 heterocycles. The summed E-state index contributed by atoms with van der Waals surface area (Å²) in [7, 11) is 0. The Morgan fingerprint density at radius 2 is 2.19 bits per heavy atom. The van der Waals surface area contributed by atoms with Gasteiger partial charge in [-0.2, -0.15) is 5.26 Å². The highest BCUT2D eigenvalue weighted by molar-refractivity contribution is 5.79. The Morgan fingerprint density at radius 1 is 1.62 bits per heavy atom. The number of nitrogens with zero attached hydrogens (tertiary/aromatic N) is 1. The van der Waals surface area contributed by atoms with Crippen LogP contribution in [0.3, 0.4) is 0 Å². The van der Waals surface area contributed by atoms with Crippen LogP contribution in [-0.2, 0) is 9.53 Å². The number of aliphatic carboxylic acids is 1. The SMILES string of the molecule is [2H]C(CCC#N)(NC(=O)OC(C)(C)C)C(=O)O. The van der Waals surface area contributed by atoms with Crippen molar-refractivity contribution in [2.24, 2.45) is 0 Å². The topological polar surface area (TPSA) is 99.4 Å². The fraction of sp³-hybridized carbons (Fsp3) is 0.700. The number of carbonyl (C=O) groups excluding carboxylic acids is 1. The predicted octanol–water partition coefficient (Wildman–Crippen LogP) is 1.27. The van der Waals surface area contributed by atoms with Crippen LogP contribution < -0.4 is 5.32 Å². The molecule has 0 rings (SSSR count). The van der Waals surface area contributed by atoms with Gasteiger partial charge in [-0.15, -0.1) is 0 Å². The van der Waals surface area contributed by atoms with Crippen LogP contribution in [0, 0.1) is 11.3 Å². The van der Waals surface area contributed by atoms with Crippen molar-refractivity contribution < 1.29 is 20.8 Å². The van der Waals surface area contributed by atoms with Gasteiger partial charge in [0.2, 0.25) is 0 Å². The molecule has 0 aliphatic heterocycles. The van der Waals surface area contributed by atoms with Crippen LogP contribution in [-0.4, -0.2) is 28.8 Å². The molecule has 0 aromatic rings. The molecule has 0 aromatic carbocycles. The van der Waals surface area contributed by atoms with Gasteiger partial charge in [0.05, 0.1) is 7.44 Å². The smallest absolute Gasteiger partial charge is 0.408 e. The number of alkyl carbamates (subject to hydrolysis) is 1. The number of hydrogen-bond acceptors (Lipinski definition) is 4. The van der Waals surface area contributed by atoms with Crippen LogP contribution in [0.5, 0.6) is 0 Å². The molecule has 6 heteroatoms. The zero-order chi connectivity index (χ0) is 13.7. The lowest BCUT2D eigenvalue weighted by atomic mass is 10.1. The molecule has 2 N–H and O–H groups in total. The number of amides is 1. The number of hydrogen-bond donors (Lipinski definition) is 2. The molecule has 16 heavy (non-hydrogen) atoms. The first kappa shape index (κ1) is 12.3. The lowest BCUT2D eigenvalue weighted by Crippen LogP contribution is -2.43. The first-order valence-corrected chi connectivity index (χ1v) is 4.72. The number of rotatable bonds is 4. The number of nitrogens with one attached hydrogen (secondary N) is 1. The van der Waals surface area contributed by atoms with Crippen molar-refractivity contribution in [2.75, 3.05) is 0 Å². The first-order chi connectivity index (χ1) is 7.60. The van der Waals surface area contributed by atoms with E-state index in [0.717, 1.165) is 0 Å². The summed E-state index contributed by atoms with van der Waals surface area (Å²) in [5.41, 5.74) is -0.779. The second-order valence-corrected chi connectivity index (χ2v) is 4.07. The molecular formula is C10H16N2O4. The Bertz CT molecular complexity index is 345. The Hall–Kier alpha value is -1.77. The van der Waals surface area contributed by atoms with E-state index < -0.39 is 23.7 Å². The van der Waals surface area contributed by atoms with Gasteiger partial charge in [-0.1, -0.05) is 0 Å². The fourth-order valence-electron chi connectivity index (χ4n) is 0.831. The minimum atomic E-state index is -2.24. The Kier molecular flexibility index (Phi) is 4.58. The third-order valence-corrected chi connectivity index (χ3v) is 1.40. The number of carbonyl (C=O) groups is 2. The van der Waals surface area contributed by atoms with E-state index in [9.17, 15) is 9.59 Å². The van der Waals surface area contributed by atoms with E-state index in [1.165, 1.54) is 0 Å². The highest BCUT2D eigenvalue weighted by Gasteiger charge is 2.23. The van der Waals surface area contributed by atoms with Gasteiger partial charge >= 0.3 is 12.1 Å². The second kappa shape index (κ2) is 5.95. The highest BCUT2D eigenvalue weighted by atomic mass is 16.6. The molecule has 0 radical (unpaired) electrons. The molecule has 0 spiro atoms. The van der Waals surface area contributed by atoms with Gasteiger partial charge in [-0.3, -0.25) is 0 Å². The first-order valence-electron chi connectivity index (χ1n) is 5.22. The Balaban J connectivity index is 4.61. The van der Waals surface area contributed by atoms with E-state index in [0.29, 0.717) is 0 Å². The number of ether oxygens (including phenoxy) is 1. The lowest BCUT2D eigenvalue weighted by Gasteiger charge is -2.21. The molecule has 0 aliphatic rings. The van der Waals surface area contributed by atoms with Gasteiger partial charge in [0.25, 0.3) is 0 Å². The number of carboxylic acids is 1. The number of carboxylic acid groups (broad SMARTS) is 1. The molecule has 0 bridgehead atoms. The maximum Gasteiger partial charge on any atom is 0.408 e. The fourth-order valence-corrected chi connectivity index (χ4v) is 0.831. The second-order valence-electron chi connectivity index (χ2n) is 4.07. The van der Waals surface area contributed by atoms with Gasteiger partial charge in [0.1, 0.15) is 11.6 Å². The lowest BCUT2D eigenvalue weighted by molar-refractivity contribution is -0.139. The van der Waals surface area contributed by atoms with Crippen molar-refractivity contribution in [3.05, 3.63) is 0 Å². The van der Waals surface area contributed by atoms with Crippen molar-refractivity contribution in [2.45, 2.75) is 45.2 Å². The molecule has 0 saturated heterocycles. The van der Waals surface area contributed by atoms with E-state index in [1.54, 1.807) is 26.8 Å². The summed E-state index contributed by atoms with van der Waals surface area (Å²) in [6.07, 6.45) is -1.45. The Labute approximate surface area is 95.6 Å². The zero-order valence-corrected chi connectivity index (χ0v) is 9.53. The molecule has 0 aromatic heterocycles. The van der Waals surface area contributed by atoms with Gasteiger partial charge in [-0.25, -0.2) is 9.59 Å². The van der Waals surface area contributed by atoms with Crippen LogP contribution in [0.25, 0.3) is 0 Å². The number of nitriles is 1. The molecule has 1 unspecified atom stereocenters. The standard InChI is InChI=1S/C10H16N2O4/c1-10(2,3)16-9(15)12-7(8(13)14)5-4-6-11/h7H,4-5H2,1-3H3,(H,12,15)(H,13,14)/i7D. The highest BCUT2D eigenvalue weighted by Crippen LogP contribution is 2.07. The van der Waals surface area contributed by atoms with Crippen LogP contribution in [0.2, 0.25) is 0 Å². The average molecular weight is 229 g/mol. The molecule has 0 saturated carbocycles. The van der Waals surface area contributed by atoms with Crippen LogP contribution in [0.15, 0.2) is 0 Å². The third-order valence-electron chi connectivity index (χ3n) is 1.40. The quantitative estimate of drug-likeness (QED) is 0.756. The van der Waals surface area contributed by atoms with Crippen LogP contribution >= 0.6 is 0 Å². The van der Waals surface area contributed by atoms with E-state index >= 15 is 0 Å². The van der Waals surface area contributed by atoms with E-state index in [4.69, 9.17) is 16.5 Å². The molecule has 90 valence electrons. The zero-order valence-electron chi connectivity index (χ0n) is 10.5. The summed E-state index contributed by atoms with van der Waals surface area (Å²) in [6.45, 7) is 4.86. The molecule has 1 atom stereocenters. The molecule has 0 aliphatic carbocycles. The maximum absolute atomic E-state index is 11.3.